The topological polar surface area (TPSA) is 105 Å². The van der Waals surface area contributed by atoms with Crippen molar-refractivity contribution in [1.82, 2.24) is 0 Å². The molecule has 0 saturated carbocycles. The molecule has 4 N–H and O–H groups in total. The zero-order valence-electron chi connectivity index (χ0n) is 10.3. The number of ether oxygens (including phenoxy) is 2. The van der Waals surface area contributed by atoms with Crippen LogP contribution in [0, 0.1) is 0 Å². The van der Waals surface area contributed by atoms with Gasteiger partial charge in [0.05, 0.1) is 19.8 Å². The molecule has 18 heavy (non-hydrogen) atoms. The summed E-state index contributed by atoms with van der Waals surface area (Å²) in [6.45, 7) is 0. The van der Waals surface area contributed by atoms with Crippen molar-refractivity contribution in [2.45, 2.75) is 12.5 Å². The van der Waals surface area contributed by atoms with E-state index in [1.165, 1.54) is 14.2 Å². The lowest BCUT2D eigenvalue weighted by molar-refractivity contribution is -0.142. The minimum Gasteiger partial charge on any atom is -0.468 e. The summed E-state index contributed by atoms with van der Waals surface area (Å²) in [5.41, 5.74) is 12.6. The number of carbonyl (C=O) groups is 2. The van der Waals surface area contributed by atoms with Crippen LogP contribution >= 0.6 is 0 Å². The highest BCUT2D eigenvalue weighted by molar-refractivity contribution is 5.95. The van der Waals surface area contributed by atoms with E-state index in [1.54, 1.807) is 18.2 Å². The van der Waals surface area contributed by atoms with Crippen LogP contribution in [0.25, 0.3) is 0 Å². The fourth-order valence-electron chi connectivity index (χ4n) is 1.51. The molecule has 0 aliphatic rings. The molecule has 1 rings (SSSR count). The molecule has 0 unspecified atom stereocenters. The van der Waals surface area contributed by atoms with Gasteiger partial charge in [0.1, 0.15) is 6.04 Å². The van der Waals surface area contributed by atoms with Crippen LogP contribution in [0.4, 0.5) is 5.69 Å². The Bertz CT molecular complexity index is 459. The van der Waals surface area contributed by atoms with Gasteiger partial charge in [0, 0.05) is 5.69 Å². The molecule has 0 radical (unpaired) electrons. The van der Waals surface area contributed by atoms with Crippen molar-refractivity contribution in [2.75, 3.05) is 20.0 Å². The molecule has 0 amide bonds. The van der Waals surface area contributed by atoms with Gasteiger partial charge in [-0.05, 0) is 24.1 Å². The van der Waals surface area contributed by atoms with E-state index in [2.05, 4.69) is 9.47 Å². The summed E-state index contributed by atoms with van der Waals surface area (Å²) < 4.78 is 9.13. The molecule has 6 nitrogen and oxygen atoms in total. The Kier molecular flexibility index (Phi) is 4.67. The van der Waals surface area contributed by atoms with Crippen molar-refractivity contribution in [3.05, 3.63) is 29.3 Å². The Balaban J connectivity index is 2.92. The standard InChI is InChI=1S/C12H16N2O4/c1-17-11(15)8-5-7(3-4-9(8)13)6-10(14)12(16)18-2/h3-5,10H,6,13-14H2,1-2H3/t10-/m0/s1. The van der Waals surface area contributed by atoms with Crippen molar-refractivity contribution in [3.8, 4) is 0 Å². The van der Waals surface area contributed by atoms with Crippen LogP contribution < -0.4 is 11.5 Å². The van der Waals surface area contributed by atoms with E-state index < -0.39 is 18.0 Å². The zero-order valence-corrected chi connectivity index (χ0v) is 10.3. The molecular formula is C12H16N2O4. The molecule has 98 valence electrons. The first kappa shape index (κ1) is 14.0. The Morgan fingerprint density at radius 1 is 1.28 bits per heavy atom. The van der Waals surface area contributed by atoms with E-state index in [4.69, 9.17) is 11.5 Å². The summed E-state index contributed by atoms with van der Waals surface area (Å²) in [5, 5.41) is 0. The van der Waals surface area contributed by atoms with Crippen LogP contribution in [-0.4, -0.2) is 32.2 Å². The third kappa shape index (κ3) is 3.21. The maximum atomic E-state index is 11.4. The van der Waals surface area contributed by atoms with Gasteiger partial charge < -0.3 is 20.9 Å². The van der Waals surface area contributed by atoms with Gasteiger partial charge in [0.15, 0.2) is 0 Å². The third-order valence-electron chi connectivity index (χ3n) is 2.48. The van der Waals surface area contributed by atoms with Crippen LogP contribution in [0.15, 0.2) is 18.2 Å². The lowest BCUT2D eigenvalue weighted by Gasteiger charge is -2.11. The van der Waals surface area contributed by atoms with Crippen molar-refractivity contribution in [2.24, 2.45) is 5.73 Å². The highest BCUT2D eigenvalue weighted by Gasteiger charge is 2.16. The second-order valence-corrected chi connectivity index (χ2v) is 3.75. The van der Waals surface area contributed by atoms with E-state index in [1.807, 2.05) is 0 Å². The first-order chi connectivity index (χ1) is 8.49. The van der Waals surface area contributed by atoms with Gasteiger partial charge in [0.2, 0.25) is 0 Å². The predicted octanol–water partition coefficient (Wildman–Crippen LogP) is 0.0982. The summed E-state index contributed by atoms with van der Waals surface area (Å²) in [7, 11) is 2.54. The number of hydrogen-bond donors (Lipinski definition) is 2. The number of esters is 2. The highest BCUT2D eigenvalue weighted by Crippen LogP contribution is 2.16. The monoisotopic (exact) mass is 252 g/mol. The van der Waals surface area contributed by atoms with Gasteiger partial charge in [-0.2, -0.15) is 0 Å². The highest BCUT2D eigenvalue weighted by atomic mass is 16.5. The van der Waals surface area contributed by atoms with Gasteiger partial charge >= 0.3 is 11.9 Å². The molecule has 0 fully saturated rings. The molecule has 0 aromatic heterocycles. The summed E-state index contributed by atoms with van der Waals surface area (Å²) >= 11 is 0. The number of methoxy groups -OCH3 is 2. The molecule has 0 spiro atoms. The Morgan fingerprint density at radius 3 is 2.50 bits per heavy atom. The second kappa shape index (κ2) is 6.02. The SMILES string of the molecule is COC(=O)c1cc(C[C@H](N)C(=O)OC)ccc1N. The molecule has 0 bridgehead atoms. The number of carbonyl (C=O) groups excluding carboxylic acids is 2. The smallest absolute Gasteiger partial charge is 0.339 e. The van der Waals surface area contributed by atoms with Gasteiger partial charge in [-0.1, -0.05) is 6.07 Å². The summed E-state index contributed by atoms with van der Waals surface area (Å²) in [6, 6.07) is 4.06. The minimum absolute atomic E-state index is 0.257. The lowest BCUT2D eigenvalue weighted by Crippen LogP contribution is -2.33. The van der Waals surface area contributed by atoms with Gasteiger partial charge in [-0.15, -0.1) is 0 Å². The minimum atomic E-state index is -0.774. The van der Waals surface area contributed by atoms with E-state index in [9.17, 15) is 9.59 Å². The van der Waals surface area contributed by atoms with E-state index >= 15 is 0 Å². The van der Waals surface area contributed by atoms with Gasteiger partial charge in [-0.25, -0.2) is 4.79 Å². The molecule has 0 aliphatic heterocycles. The summed E-state index contributed by atoms with van der Waals surface area (Å²) in [4.78, 5) is 22.6. The number of benzene rings is 1. The van der Waals surface area contributed by atoms with Gasteiger partial charge in [-0.3, -0.25) is 4.79 Å². The van der Waals surface area contributed by atoms with Crippen LogP contribution in [-0.2, 0) is 20.7 Å². The van der Waals surface area contributed by atoms with Crippen LogP contribution in [0.3, 0.4) is 0 Å². The first-order valence-electron chi connectivity index (χ1n) is 5.29. The number of hydrogen-bond acceptors (Lipinski definition) is 6. The molecule has 1 aromatic rings. The fraction of sp³-hybridized carbons (Fsp3) is 0.333. The molecule has 0 heterocycles. The second-order valence-electron chi connectivity index (χ2n) is 3.75. The largest absolute Gasteiger partial charge is 0.468 e. The van der Waals surface area contributed by atoms with Crippen LogP contribution in [0.1, 0.15) is 15.9 Å². The summed E-state index contributed by atoms with van der Waals surface area (Å²) in [6.07, 6.45) is 0.261. The van der Waals surface area contributed by atoms with Crippen molar-refractivity contribution < 1.29 is 19.1 Å². The first-order valence-corrected chi connectivity index (χ1v) is 5.29. The number of anilines is 1. The molecular weight excluding hydrogens is 236 g/mol. The number of nitrogen functional groups attached to an aromatic ring is 1. The number of nitrogens with two attached hydrogens (primary N) is 2. The van der Waals surface area contributed by atoms with Crippen molar-refractivity contribution in [1.29, 1.82) is 0 Å². The normalized spacial score (nSPS) is 11.7. The predicted molar refractivity (Wildman–Crippen MR) is 65.9 cm³/mol. The average molecular weight is 252 g/mol. The van der Waals surface area contributed by atoms with Crippen molar-refractivity contribution >= 4 is 17.6 Å². The Labute approximate surface area is 105 Å². The molecule has 1 atom stereocenters. The molecule has 6 heteroatoms. The van der Waals surface area contributed by atoms with Crippen molar-refractivity contribution in [3.63, 3.8) is 0 Å². The van der Waals surface area contributed by atoms with E-state index in [0.29, 0.717) is 11.3 Å². The number of rotatable bonds is 4. The van der Waals surface area contributed by atoms with E-state index in [0.717, 1.165) is 0 Å². The molecule has 0 saturated heterocycles. The maximum Gasteiger partial charge on any atom is 0.339 e. The fourth-order valence-corrected chi connectivity index (χ4v) is 1.51. The van der Waals surface area contributed by atoms with Crippen LogP contribution in [0.2, 0.25) is 0 Å². The molecule has 1 aromatic carbocycles. The van der Waals surface area contributed by atoms with E-state index in [-0.39, 0.29) is 12.0 Å². The summed E-state index contributed by atoms with van der Waals surface area (Å²) in [5.74, 6) is -1.03. The average Bonchev–Trinajstić information content (AvgIpc) is 2.38. The Hall–Kier alpha value is -2.08. The lowest BCUT2D eigenvalue weighted by atomic mass is 10.0. The third-order valence-corrected chi connectivity index (χ3v) is 2.48. The maximum absolute atomic E-state index is 11.4. The van der Waals surface area contributed by atoms with Crippen LogP contribution in [0.5, 0.6) is 0 Å². The van der Waals surface area contributed by atoms with Gasteiger partial charge in [0.25, 0.3) is 0 Å². The molecule has 0 aliphatic carbocycles. The quantitative estimate of drug-likeness (QED) is 0.581. The zero-order chi connectivity index (χ0) is 13.7. The Morgan fingerprint density at radius 2 is 1.94 bits per heavy atom.